The Balaban J connectivity index is 2.25. The fourth-order valence-electron chi connectivity index (χ4n) is 1.73. The summed E-state index contributed by atoms with van der Waals surface area (Å²) in [6.07, 6.45) is 1.15. The molecular formula is C12H14BrN3O2. The van der Waals surface area contributed by atoms with Crippen molar-refractivity contribution in [3.63, 3.8) is 0 Å². The lowest BCUT2D eigenvalue weighted by Crippen LogP contribution is -2.36. The summed E-state index contributed by atoms with van der Waals surface area (Å²) in [4.78, 5) is 6.39. The Labute approximate surface area is 114 Å². The van der Waals surface area contributed by atoms with Gasteiger partial charge in [-0.15, -0.1) is 0 Å². The number of nitrogens with zero attached hydrogens (tertiary/aromatic N) is 3. The Morgan fingerprint density at radius 2 is 2.28 bits per heavy atom. The van der Waals surface area contributed by atoms with Crippen molar-refractivity contribution in [3.8, 4) is 11.9 Å². The predicted molar refractivity (Wildman–Crippen MR) is 70.7 cm³/mol. The lowest BCUT2D eigenvalue weighted by molar-refractivity contribution is 0.122. The standard InChI is InChI=1S/C12H14BrN3O2/c1-9(7-14)18-12-11(6-10(13)8-15-12)16-2-4-17-5-3-16/h6,8-9H,2-5H2,1H3. The lowest BCUT2D eigenvalue weighted by atomic mass is 10.3. The lowest BCUT2D eigenvalue weighted by Gasteiger charge is -2.30. The van der Waals surface area contributed by atoms with Gasteiger partial charge in [-0.05, 0) is 28.9 Å². The summed E-state index contributed by atoms with van der Waals surface area (Å²) in [7, 11) is 0. The fraction of sp³-hybridized carbons (Fsp3) is 0.500. The van der Waals surface area contributed by atoms with Crippen molar-refractivity contribution >= 4 is 21.6 Å². The quantitative estimate of drug-likeness (QED) is 0.854. The van der Waals surface area contributed by atoms with Crippen LogP contribution in [0.4, 0.5) is 5.69 Å². The molecule has 1 aromatic heterocycles. The molecule has 1 fully saturated rings. The van der Waals surface area contributed by atoms with Crippen molar-refractivity contribution in [3.05, 3.63) is 16.7 Å². The van der Waals surface area contributed by atoms with Gasteiger partial charge in [0.05, 0.1) is 13.2 Å². The van der Waals surface area contributed by atoms with Crippen LogP contribution in [0, 0.1) is 11.3 Å². The molecule has 1 aliphatic heterocycles. The molecule has 0 spiro atoms. The molecule has 1 atom stereocenters. The van der Waals surface area contributed by atoms with Gasteiger partial charge in [-0.25, -0.2) is 4.98 Å². The van der Waals surface area contributed by atoms with E-state index in [1.807, 2.05) is 12.1 Å². The maximum Gasteiger partial charge on any atom is 0.238 e. The van der Waals surface area contributed by atoms with E-state index in [0.717, 1.165) is 23.2 Å². The molecule has 6 heteroatoms. The summed E-state index contributed by atoms with van der Waals surface area (Å²) in [6, 6.07) is 4.00. The maximum atomic E-state index is 8.81. The second-order valence-electron chi connectivity index (χ2n) is 3.97. The molecular weight excluding hydrogens is 298 g/mol. The molecule has 96 valence electrons. The number of aromatic nitrogens is 1. The van der Waals surface area contributed by atoms with Crippen molar-refractivity contribution in [2.45, 2.75) is 13.0 Å². The van der Waals surface area contributed by atoms with Crippen molar-refractivity contribution in [1.82, 2.24) is 4.98 Å². The van der Waals surface area contributed by atoms with Gasteiger partial charge in [0.1, 0.15) is 11.8 Å². The third-order valence-corrected chi connectivity index (χ3v) is 3.05. The average Bonchev–Trinajstić information content (AvgIpc) is 2.41. The van der Waals surface area contributed by atoms with Crippen LogP contribution in [0.3, 0.4) is 0 Å². The number of hydrogen-bond acceptors (Lipinski definition) is 5. The van der Waals surface area contributed by atoms with E-state index in [4.69, 9.17) is 14.7 Å². The number of morpholine rings is 1. The molecule has 0 N–H and O–H groups in total. The summed E-state index contributed by atoms with van der Waals surface area (Å²) in [5.41, 5.74) is 0.898. The Bertz CT molecular complexity index is 455. The van der Waals surface area contributed by atoms with Crippen molar-refractivity contribution in [1.29, 1.82) is 5.26 Å². The maximum absolute atomic E-state index is 8.81. The van der Waals surface area contributed by atoms with Crippen LogP contribution in [-0.4, -0.2) is 37.4 Å². The van der Waals surface area contributed by atoms with E-state index in [1.54, 1.807) is 13.1 Å². The number of ether oxygens (including phenoxy) is 2. The summed E-state index contributed by atoms with van der Waals surface area (Å²) in [5, 5.41) is 8.81. The molecule has 0 aliphatic carbocycles. The van der Waals surface area contributed by atoms with Crippen LogP contribution in [0.2, 0.25) is 0 Å². The SMILES string of the molecule is CC(C#N)Oc1ncc(Br)cc1N1CCOCC1. The monoisotopic (exact) mass is 311 g/mol. The minimum atomic E-state index is -0.515. The Morgan fingerprint density at radius 1 is 1.56 bits per heavy atom. The van der Waals surface area contributed by atoms with Crippen LogP contribution in [0.1, 0.15) is 6.92 Å². The highest BCUT2D eigenvalue weighted by atomic mass is 79.9. The second kappa shape index (κ2) is 6.03. The van der Waals surface area contributed by atoms with E-state index >= 15 is 0 Å². The van der Waals surface area contributed by atoms with Crippen molar-refractivity contribution in [2.24, 2.45) is 0 Å². The Kier molecular flexibility index (Phi) is 4.39. The van der Waals surface area contributed by atoms with Gasteiger partial charge in [-0.2, -0.15) is 5.26 Å². The molecule has 0 radical (unpaired) electrons. The Hall–Kier alpha value is -1.32. The summed E-state index contributed by atoms with van der Waals surface area (Å²) in [6.45, 7) is 4.69. The van der Waals surface area contributed by atoms with Gasteiger partial charge in [0, 0.05) is 23.8 Å². The first-order valence-electron chi connectivity index (χ1n) is 5.75. The highest BCUT2D eigenvalue weighted by Gasteiger charge is 2.18. The minimum Gasteiger partial charge on any atom is -0.458 e. The molecule has 1 unspecified atom stereocenters. The first-order chi connectivity index (χ1) is 8.70. The number of pyridine rings is 1. The number of halogens is 1. The van der Waals surface area contributed by atoms with E-state index in [-0.39, 0.29) is 0 Å². The zero-order chi connectivity index (χ0) is 13.0. The largest absolute Gasteiger partial charge is 0.458 e. The molecule has 1 aromatic rings. The third-order valence-electron chi connectivity index (χ3n) is 2.62. The van der Waals surface area contributed by atoms with Crippen LogP contribution in [-0.2, 0) is 4.74 Å². The molecule has 0 aromatic carbocycles. The Morgan fingerprint density at radius 3 is 2.94 bits per heavy atom. The molecule has 2 heterocycles. The van der Waals surface area contributed by atoms with Crippen LogP contribution in [0.5, 0.6) is 5.88 Å². The van der Waals surface area contributed by atoms with Gasteiger partial charge in [0.25, 0.3) is 0 Å². The number of rotatable bonds is 3. The van der Waals surface area contributed by atoms with Gasteiger partial charge in [0.2, 0.25) is 5.88 Å². The first kappa shape index (κ1) is 13.1. The van der Waals surface area contributed by atoms with Gasteiger partial charge < -0.3 is 14.4 Å². The molecule has 1 saturated heterocycles. The molecule has 18 heavy (non-hydrogen) atoms. The first-order valence-corrected chi connectivity index (χ1v) is 6.54. The molecule has 1 aliphatic rings. The van der Waals surface area contributed by atoms with E-state index in [1.165, 1.54) is 0 Å². The molecule has 0 amide bonds. The summed E-state index contributed by atoms with van der Waals surface area (Å²) >= 11 is 3.41. The van der Waals surface area contributed by atoms with E-state index in [0.29, 0.717) is 19.1 Å². The highest BCUT2D eigenvalue weighted by Crippen LogP contribution is 2.30. The van der Waals surface area contributed by atoms with E-state index < -0.39 is 6.10 Å². The topological polar surface area (TPSA) is 58.4 Å². The van der Waals surface area contributed by atoms with Crippen LogP contribution in [0.25, 0.3) is 0 Å². The zero-order valence-electron chi connectivity index (χ0n) is 10.1. The number of hydrogen-bond donors (Lipinski definition) is 0. The highest BCUT2D eigenvalue weighted by molar-refractivity contribution is 9.10. The van der Waals surface area contributed by atoms with Gasteiger partial charge in [-0.1, -0.05) is 0 Å². The van der Waals surface area contributed by atoms with Crippen LogP contribution < -0.4 is 9.64 Å². The molecule has 5 nitrogen and oxygen atoms in total. The second-order valence-corrected chi connectivity index (χ2v) is 4.88. The van der Waals surface area contributed by atoms with Crippen LogP contribution >= 0.6 is 15.9 Å². The third kappa shape index (κ3) is 3.12. The van der Waals surface area contributed by atoms with E-state index in [9.17, 15) is 0 Å². The normalized spacial score (nSPS) is 17.1. The van der Waals surface area contributed by atoms with E-state index in [2.05, 4.69) is 25.8 Å². The van der Waals surface area contributed by atoms with Gasteiger partial charge in [-0.3, -0.25) is 0 Å². The van der Waals surface area contributed by atoms with Crippen LogP contribution in [0.15, 0.2) is 16.7 Å². The van der Waals surface area contributed by atoms with Crippen molar-refractivity contribution in [2.75, 3.05) is 31.2 Å². The summed E-state index contributed by atoms with van der Waals surface area (Å²) < 4.78 is 11.7. The van der Waals surface area contributed by atoms with Gasteiger partial charge in [0.15, 0.2) is 6.10 Å². The minimum absolute atomic E-state index is 0.495. The van der Waals surface area contributed by atoms with Gasteiger partial charge >= 0.3 is 0 Å². The smallest absolute Gasteiger partial charge is 0.238 e. The zero-order valence-corrected chi connectivity index (χ0v) is 11.7. The number of anilines is 1. The predicted octanol–water partition coefficient (Wildman–Crippen LogP) is 1.97. The fourth-order valence-corrected chi connectivity index (χ4v) is 2.05. The van der Waals surface area contributed by atoms with Crippen molar-refractivity contribution < 1.29 is 9.47 Å². The summed E-state index contributed by atoms with van der Waals surface area (Å²) in [5.74, 6) is 0.495. The molecule has 0 bridgehead atoms. The molecule has 0 saturated carbocycles. The molecule has 2 rings (SSSR count). The average molecular weight is 312 g/mol. The number of nitriles is 1.